The van der Waals surface area contributed by atoms with Gasteiger partial charge in [0.25, 0.3) is 5.91 Å². The third-order valence-electron chi connectivity index (χ3n) is 2.44. The third kappa shape index (κ3) is 1.70. The minimum Gasteiger partial charge on any atom is -0.276 e. The summed E-state index contributed by atoms with van der Waals surface area (Å²) in [5, 5.41) is 2.30. The van der Waals surface area contributed by atoms with Crippen molar-refractivity contribution < 1.29 is 14.4 Å². The lowest BCUT2D eigenvalue weighted by atomic mass is 9.89. The maximum atomic E-state index is 12.1. The Morgan fingerprint density at radius 1 is 1.29 bits per heavy atom. The fourth-order valence-electron chi connectivity index (χ4n) is 1.33. The fraction of sp³-hybridized carbons (Fsp3) is 0.444. The van der Waals surface area contributed by atoms with Crippen molar-refractivity contribution in [3.05, 3.63) is 5.82 Å². The minimum atomic E-state index is -1.28. The highest BCUT2D eigenvalue weighted by Gasteiger charge is 2.48. The van der Waals surface area contributed by atoms with E-state index < -0.39 is 23.3 Å². The largest absolute Gasteiger partial charge is 0.337 e. The Morgan fingerprint density at radius 3 is 2.47 bits per heavy atom. The van der Waals surface area contributed by atoms with E-state index in [0.29, 0.717) is 5.82 Å². The number of carbonyl (C=O) groups excluding carboxylic acids is 3. The van der Waals surface area contributed by atoms with Gasteiger partial charge in [0.05, 0.1) is 0 Å². The Balaban J connectivity index is 2.44. The first-order chi connectivity index (χ1) is 7.84. The lowest BCUT2D eigenvalue weighted by Gasteiger charge is -2.32. The summed E-state index contributed by atoms with van der Waals surface area (Å²) in [5.74, 6) is -0.729. The van der Waals surface area contributed by atoms with Crippen molar-refractivity contribution in [2.24, 2.45) is 5.41 Å². The molecule has 2 heterocycles. The van der Waals surface area contributed by atoms with Crippen molar-refractivity contribution in [1.29, 1.82) is 0 Å². The zero-order valence-corrected chi connectivity index (χ0v) is 10.3. The zero-order valence-electron chi connectivity index (χ0n) is 9.47. The average molecular weight is 254 g/mol. The Hall–Kier alpha value is -1.83. The second-order valence-electron chi connectivity index (χ2n) is 4.15. The van der Waals surface area contributed by atoms with E-state index in [9.17, 15) is 14.4 Å². The standard InChI is InChI=1S/C9H10N4O3S/c1-4-10-8(17-12-4)13-6(15)9(2,3)5(14)11-7(13)16/h1-3H3,(H,11,14,16). The highest BCUT2D eigenvalue weighted by molar-refractivity contribution is 7.10. The molecule has 0 bridgehead atoms. The number of barbiturate groups is 1. The maximum Gasteiger partial charge on any atom is 0.337 e. The number of nitrogens with one attached hydrogen (secondary N) is 1. The molecule has 0 aromatic carbocycles. The second kappa shape index (κ2) is 3.59. The van der Waals surface area contributed by atoms with Crippen molar-refractivity contribution in [1.82, 2.24) is 14.7 Å². The van der Waals surface area contributed by atoms with Gasteiger partial charge in [0.1, 0.15) is 11.2 Å². The molecule has 0 saturated carbocycles. The number of carbonyl (C=O) groups is 3. The quantitative estimate of drug-likeness (QED) is 0.735. The van der Waals surface area contributed by atoms with Gasteiger partial charge in [-0.2, -0.15) is 4.37 Å². The predicted molar refractivity (Wildman–Crippen MR) is 59.5 cm³/mol. The van der Waals surface area contributed by atoms with Gasteiger partial charge >= 0.3 is 6.03 Å². The van der Waals surface area contributed by atoms with E-state index in [2.05, 4.69) is 14.7 Å². The molecule has 1 aliphatic heterocycles. The van der Waals surface area contributed by atoms with Crippen LogP contribution in [-0.2, 0) is 9.59 Å². The summed E-state index contributed by atoms with van der Waals surface area (Å²) in [5.41, 5.74) is -1.28. The molecule has 1 aromatic heterocycles. The highest BCUT2D eigenvalue weighted by Crippen LogP contribution is 2.28. The minimum absolute atomic E-state index is 0.172. The molecule has 1 saturated heterocycles. The predicted octanol–water partition coefficient (Wildman–Crippen LogP) is 0.456. The number of amides is 4. The lowest BCUT2D eigenvalue weighted by Crippen LogP contribution is -2.62. The van der Waals surface area contributed by atoms with Crippen molar-refractivity contribution in [3.8, 4) is 0 Å². The summed E-state index contributed by atoms with van der Waals surface area (Å²) >= 11 is 0.937. The molecule has 90 valence electrons. The molecule has 2 rings (SSSR count). The third-order valence-corrected chi connectivity index (χ3v) is 3.23. The summed E-state index contributed by atoms with van der Waals surface area (Å²) in [6, 6.07) is -0.782. The first-order valence-electron chi connectivity index (χ1n) is 4.84. The molecular weight excluding hydrogens is 244 g/mol. The molecule has 0 unspecified atom stereocenters. The zero-order chi connectivity index (χ0) is 12.8. The van der Waals surface area contributed by atoms with Crippen LogP contribution in [0.5, 0.6) is 0 Å². The molecule has 17 heavy (non-hydrogen) atoms. The number of aryl methyl sites for hydroxylation is 1. The summed E-state index contributed by atoms with van der Waals surface area (Å²) in [4.78, 5) is 40.0. The summed E-state index contributed by atoms with van der Waals surface area (Å²) in [6.45, 7) is 4.57. The molecule has 1 fully saturated rings. The highest BCUT2D eigenvalue weighted by atomic mass is 32.1. The van der Waals surface area contributed by atoms with Crippen molar-refractivity contribution >= 4 is 34.5 Å². The molecule has 1 N–H and O–H groups in total. The van der Waals surface area contributed by atoms with E-state index in [4.69, 9.17) is 0 Å². The van der Waals surface area contributed by atoms with Gasteiger partial charge in [-0.05, 0) is 20.8 Å². The van der Waals surface area contributed by atoms with Crippen LogP contribution in [-0.4, -0.2) is 27.2 Å². The number of rotatable bonds is 1. The number of aromatic nitrogens is 2. The number of nitrogens with zero attached hydrogens (tertiary/aromatic N) is 3. The number of anilines is 1. The molecule has 0 radical (unpaired) electrons. The molecule has 0 atom stereocenters. The average Bonchev–Trinajstić information content (AvgIpc) is 2.63. The summed E-state index contributed by atoms with van der Waals surface area (Å²) < 4.78 is 3.90. The maximum absolute atomic E-state index is 12.1. The van der Waals surface area contributed by atoms with Crippen LogP contribution in [0.1, 0.15) is 19.7 Å². The molecule has 8 heteroatoms. The SMILES string of the molecule is Cc1nsc(N2C(=O)NC(=O)C(C)(C)C2=O)n1. The Labute approximate surface area is 101 Å². The molecule has 0 spiro atoms. The number of hydrogen-bond acceptors (Lipinski definition) is 6. The van der Waals surface area contributed by atoms with Gasteiger partial charge in [-0.3, -0.25) is 14.9 Å². The van der Waals surface area contributed by atoms with Gasteiger partial charge in [0.15, 0.2) is 0 Å². The van der Waals surface area contributed by atoms with Gasteiger partial charge in [-0.25, -0.2) is 14.7 Å². The smallest absolute Gasteiger partial charge is 0.276 e. The van der Waals surface area contributed by atoms with Crippen LogP contribution in [0.2, 0.25) is 0 Å². The summed E-state index contributed by atoms with van der Waals surface area (Å²) in [7, 11) is 0. The van der Waals surface area contributed by atoms with Crippen molar-refractivity contribution in [2.75, 3.05) is 4.90 Å². The van der Waals surface area contributed by atoms with Crippen LogP contribution in [0, 0.1) is 12.3 Å². The molecule has 7 nitrogen and oxygen atoms in total. The Bertz CT molecular complexity index is 522. The Kier molecular flexibility index (Phi) is 2.46. The van der Waals surface area contributed by atoms with Gasteiger partial charge in [0.2, 0.25) is 11.0 Å². The van der Waals surface area contributed by atoms with Gasteiger partial charge in [0, 0.05) is 11.5 Å². The van der Waals surface area contributed by atoms with E-state index in [1.54, 1.807) is 6.92 Å². The molecule has 1 aromatic rings. The van der Waals surface area contributed by atoms with Crippen LogP contribution in [0.15, 0.2) is 0 Å². The van der Waals surface area contributed by atoms with E-state index in [1.165, 1.54) is 13.8 Å². The topological polar surface area (TPSA) is 92.3 Å². The summed E-state index contributed by atoms with van der Waals surface area (Å²) in [6.07, 6.45) is 0. The van der Waals surface area contributed by atoms with E-state index in [0.717, 1.165) is 16.4 Å². The molecule has 0 aliphatic carbocycles. The fourth-order valence-corrected chi connectivity index (χ4v) is 2.00. The van der Waals surface area contributed by atoms with Crippen LogP contribution < -0.4 is 10.2 Å². The first-order valence-corrected chi connectivity index (χ1v) is 5.61. The van der Waals surface area contributed by atoms with E-state index >= 15 is 0 Å². The van der Waals surface area contributed by atoms with Gasteiger partial charge in [-0.1, -0.05) is 0 Å². The normalized spacial score (nSPS) is 19.5. The Morgan fingerprint density at radius 2 is 1.94 bits per heavy atom. The molecular formula is C9H10N4O3S. The molecule has 1 aliphatic rings. The number of imide groups is 2. The molecule has 4 amide bonds. The van der Waals surface area contributed by atoms with Crippen LogP contribution in [0.25, 0.3) is 0 Å². The van der Waals surface area contributed by atoms with Crippen molar-refractivity contribution in [2.45, 2.75) is 20.8 Å². The van der Waals surface area contributed by atoms with Crippen molar-refractivity contribution in [3.63, 3.8) is 0 Å². The first kappa shape index (κ1) is 11.6. The van der Waals surface area contributed by atoms with E-state index in [-0.39, 0.29) is 5.13 Å². The van der Waals surface area contributed by atoms with Gasteiger partial charge < -0.3 is 0 Å². The number of urea groups is 1. The second-order valence-corrected chi connectivity index (χ2v) is 4.88. The van der Waals surface area contributed by atoms with Crippen LogP contribution >= 0.6 is 11.5 Å². The monoisotopic (exact) mass is 254 g/mol. The van der Waals surface area contributed by atoms with E-state index in [1.807, 2.05) is 0 Å². The van der Waals surface area contributed by atoms with Crippen LogP contribution in [0.4, 0.5) is 9.93 Å². The lowest BCUT2D eigenvalue weighted by molar-refractivity contribution is -0.140. The van der Waals surface area contributed by atoms with Gasteiger partial charge in [-0.15, -0.1) is 0 Å². The van der Waals surface area contributed by atoms with Crippen LogP contribution in [0.3, 0.4) is 0 Å². The number of hydrogen-bond donors (Lipinski definition) is 1.